The summed E-state index contributed by atoms with van der Waals surface area (Å²) in [4.78, 5) is 10.1. The van der Waals surface area contributed by atoms with Gasteiger partial charge in [0, 0.05) is 0 Å². The minimum atomic E-state index is -2.86. The van der Waals surface area contributed by atoms with Crippen LogP contribution in [0.25, 0.3) is 0 Å². The fourth-order valence-corrected chi connectivity index (χ4v) is 0.377. The summed E-state index contributed by atoms with van der Waals surface area (Å²) >= 11 is 0. The van der Waals surface area contributed by atoms with E-state index < -0.39 is 24.5 Å². The first-order chi connectivity index (χ1) is 4.83. The molecule has 6 nitrogen and oxygen atoms in total. The van der Waals surface area contributed by atoms with Crippen molar-refractivity contribution in [2.45, 2.75) is 18.9 Å². The van der Waals surface area contributed by atoms with E-state index in [0.29, 0.717) is 0 Å². The Morgan fingerprint density at radius 3 is 2.27 bits per heavy atom. The second kappa shape index (κ2) is 3.63. The smallest absolute Gasteiger partial charge is 0.320 e. The van der Waals surface area contributed by atoms with Crippen LogP contribution in [0.3, 0.4) is 0 Å². The Kier molecular flexibility index (Phi) is 3.40. The van der Waals surface area contributed by atoms with Gasteiger partial charge in [0.2, 0.25) is 0 Å². The maximum absolute atomic E-state index is 10.1. The van der Waals surface area contributed by atoms with Crippen molar-refractivity contribution >= 4 is 5.97 Å². The third-order valence-corrected chi connectivity index (χ3v) is 1.02. The topological polar surface area (TPSA) is 110 Å². The third kappa shape index (κ3) is 5.74. The molecule has 1 atom stereocenters. The summed E-state index contributed by atoms with van der Waals surface area (Å²) in [5.74, 6) is -3.99. The van der Waals surface area contributed by atoms with E-state index in [1.807, 2.05) is 0 Å². The highest BCUT2D eigenvalue weighted by Crippen LogP contribution is 1.90. The van der Waals surface area contributed by atoms with Crippen molar-refractivity contribution < 1.29 is 25.2 Å². The van der Waals surface area contributed by atoms with Crippen molar-refractivity contribution in [2.24, 2.45) is 0 Å². The minimum Gasteiger partial charge on any atom is -0.480 e. The number of nitrogens with one attached hydrogen (secondary N) is 1. The zero-order valence-electron chi connectivity index (χ0n) is 5.98. The van der Waals surface area contributed by atoms with Crippen LogP contribution >= 0.6 is 0 Å². The summed E-state index contributed by atoms with van der Waals surface area (Å²) in [6.07, 6.45) is 0. The van der Waals surface area contributed by atoms with Crippen LogP contribution < -0.4 is 5.32 Å². The number of hydrogen-bond acceptors (Lipinski definition) is 5. The van der Waals surface area contributed by atoms with Gasteiger partial charge in [-0.1, -0.05) is 0 Å². The van der Waals surface area contributed by atoms with E-state index in [4.69, 9.17) is 20.4 Å². The maximum Gasteiger partial charge on any atom is 0.320 e. The number of carboxylic acid groups (broad SMARTS) is 1. The summed E-state index contributed by atoms with van der Waals surface area (Å²) in [5, 5.41) is 35.4. The fraction of sp³-hybridized carbons (Fsp3) is 0.800. The van der Waals surface area contributed by atoms with Crippen LogP contribution in [0.1, 0.15) is 6.92 Å². The molecule has 0 aromatic rings. The van der Waals surface area contributed by atoms with Crippen molar-refractivity contribution in [3.8, 4) is 0 Å². The number of aliphatic carboxylic acids is 1. The van der Waals surface area contributed by atoms with Crippen molar-refractivity contribution in [3.05, 3.63) is 0 Å². The molecule has 11 heavy (non-hydrogen) atoms. The van der Waals surface area contributed by atoms with E-state index in [-0.39, 0.29) is 0 Å². The zero-order chi connectivity index (χ0) is 9.07. The van der Waals surface area contributed by atoms with Crippen LogP contribution in [0.15, 0.2) is 0 Å². The molecule has 0 aromatic heterocycles. The van der Waals surface area contributed by atoms with Crippen molar-refractivity contribution in [1.82, 2.24) is 5.32 Å². The average molecular weight is 165 g/mol. The van der Waals surface area contributed by atoms with Gasteiger partial charge >= 0.3 is 5.97 Å². The zero-order valence-corrected chi connectivity index (χ0v) is 5.98. The Morgan fingerprint density at radius 1 is 1.55 bits per heavy atom. The first-order valence-corrected chi connectivity index (χ1v) is 2.96. The summed E-state index contributed by atoms with van der Waals surface area (Å²) in [7, 11) is 0. The lowest BCUT2D eigenvalue weighted by Gasteiger charge is -2.16. The lowest BCUT2D eigenvalue weighted by Crippen LogP contribution is -2.45. The number of carbonyl (C=O) groups is 1. The van der Waals surface area contributed by atoms with Gasteiger partial charge in [0.05, 0.1) is 6.54 Å². The van der Waals surface area contributed by atoms with E-state index in [1.54, 1.807) is 0 Å². The van der Waals surface area contributed by atoms with Crippen LogP contribution in [0, 0.1) is 0 Å². The summed E-state index contributed by atoms with van der Waals surface area (Å²) < 4.78 is 0. The van der Waals surface area contributed by atoms with Crippen molar-refractivity contribution in [2.75, 3.05) is 6.54 Å². The molecule has 0 bridgehead atoms. The molecule has 0 radical (unpaired) electrons. The second-order valence-electron chi connectivity index (χ2n) is 2.22. The number of hydrogen-bond donors (Lipinski definition) is 5. The normalized spacial score (nSPS) is 14.5. The molecule has 0 aliphatic heterocycles. The molecule has 0 spiro atoms. The molecule has 0 heterocycles. The Morgan fingerprint density at radius 2 is 2.00 bits per heavy atom. The van der Waals surface area contributed by atoms with Crippen LogP contribution in [-0.2, 0) is 4.79 Å². The average Bonchev–Trinajstić information content (AvgIpc) is 1.80. The Labute approximate surface area is 63.1 Å². The van der Waals surface area contributed by atoms with Crippen molar-refractivity contribution in [3.63, 3.8) is 0 Å². The van der Waals surface area contributed by atoms with Gasteiger partial charge in [-0.05, 0) is 6.92 Å². The molecule has 1 unspecified atom stereocenters. The van der Waals surface area contributed by atoms with E-state index in [0.717, 1.165) is 0 Å². The molecule has 0 fully saturated rings. The van der Waals surface area contributed by atoms with Gasteiger partial charge in [-0.15, -0.1) is 0 Å². The highest BCUT2D eigenvalue weighted by atomic mass is 16.7. The van der Waals surface area contributed by atoms with Gasteiger partial charge in [-0.25, -0.2) is 0 Å². The molecule has 0 amide bonds. The standard InChI is InChI=1S/C5H11NO5/c1-3(4(7)8)6-2-5(9,10)11/h3,6,9-11H,2H2,1H3,(H,7,8). The highest BCUT2D eigenvalue weighted by molar-refractivity contribution is 5.72. The van der Waals surface area contributed by atoms with Crippen LogP contribution in [0.5, 0.6) is 0 Å². The highest BCUT2D eigenvalue weighted by Gasteiger charge is 2.20. The lowest BCUT2D eigenvalue weighted by molar-refractivity contribution is -0.306. The van der Waals surface area contributed by atoms with Crippen LogP contribution in [0.2, 0.25) is 0 Å². The maximum atomic E-state index is 10.1. The minimum absolute atomic E-state index is 0.611. The molecule has 0 aromatic carbocycles. The SMILES string of the molecule is CC(NCC(O)(O)O)C(=O)O. The molecule has 0 aliphatic carbocycles. The first-order valence-electron chi connectivity index (χ1n) is 2.96. The predicted molar refractivity (Wildman–Crippen MR) is 34.5 cm³/mol. The molecule has 0 rings (SSSR count). The van der Waals surface area contributed by atoms with E-state index >= 15 is 0 Å². The molecular formula is C5H11NO5. The molecule has 0 saturated heterocycles. The molecule has 0 aliphatic rings. The number of rotatable bonds is 4. The Hall–Kier alpha value is -0.690. The summed E-state index contributed by atoms with van der Waals surface area (Å²) in [6.45, 7) is 0.703. The van der Waals surface area contributed by atoms with Gasteiger partial charge in [0.25, 0.3) is 5.97 Å². The largest absolute Gasteiger partial charge is 0.480 e. The van der Waals surface area contributed by atoms with Crippen LogP contribution in [-0.4, -0.2) is 45.0 Å². The molecule has 0 saturated carbocycles. The summed E-state index contributed by atoms with van der Waals surface area (Å²) in [5.41, 5.74) is 0. The Balaban J connectivity index is 3.63. The third-order valence-electron chi connectivity index (χ3n) is 1.02. The number of carboxylic acids is 1. The molecule has 66 valence electrons. The van der Waals surface area contributed by atoms with Gasteiger partial charge in [-0.3, -0.25) is 10.1 Å². The predicted octanol–water partition coefficient (Wildman–Crippen LogP) is -2.32. The molecular weight excluding hydrogens is 154 g/mol. The second-order valence-corrected chi connectivity index (χ2v) is 2.22. The van der Waals surface area contributed by atoms with Crippen molar-refractivity contribution in [1.29, 1.82) is 0 Å². The Bertz CT molecular complexity index is 140. The lowest BCUT2D eigenvalue weighted by atomic mass is 10.3. The first kappa shape index (κ1) is 10.3. The van der Waals surface area contributed by atoms with E-state index in [2.05, 4.69) is 5.32 Å². The van der Waals surface area contributed by atoms with E-state index in [9.17, 15) is 4.79 Å². The van der Waals surface area contributed by atoms with Gasteiger partial charge in [-0.2, -0.15) is 0 Å². The quantitative estimate of drug-likeness (QED) is 0.299. The van der Waals surface area contributed by atoms with Gasteiger partial charge in [0.1, 0.15) is 6.04 Å². The van der Waals surface area contributed by atoms with Gasteiger partial charge in [0.15, 0.2) is 0 Å². The monoisotopic (exact) mass is 165 g/mol. The van der Waals surface area contributed by atoms with E-state index in [1.165, 1.54) is 6.92 Å². The van der Waals surface area contributed by atoms with Gasteiger partial charge < -0.3 is 20.4 Å². The fourth-order valence-electron chi connectivity index (χ4n) is 0.377. The molecule has 5 N–H and O–H groups in total. The molecule has 6 heteroatoms. The number of aliphatic hydroxyl groups is 3. The summed E-state index contributed by atoms with van der Waals surface area (Å²) in [6, 6.07) is -0.930. The van der Waals surface area contributed by atoms with Crippen LogP contribution in [0.4, 0.5) is 0 Å².